The Hall–Kier alpha value is -1.84. The number of carboxylic acid groups (broad SMARTS) is 1. The third kappa shape index (κ3) is 3.90. The normalized spacial score (nSPS) is 11.0. The molecule has 4 nitrogen and oxygen atoms in total. The Kier molecular flexibility index (Phi) is 3.89. The zero-order chi connectivity index (χ0) is 13.1. The van der Waals surface area contributed by atoms with Crippen molar-refractivity contribution in [2.75, 3.05) is 5.32 Å². The van der Waals surface area contributed by atoms with Gasteiger partial charge in [-0.1, -0.05) is 26.0 Å². The van der Waals surface area contributed by atoms with Crippen LogP contribution < -0.4 is 5.32 Å². The van der Waals surface area contributed by atoms with E-state index in [1.54, 1.807) is 12.1 Å². The minimum Gasteiger partial charge on any atom is -0.481 e. The molecule has 0 radical (unpaired) electrons. The molecule has 0 fully saturated rings. The van der Waals surface area contributed by atoms with Gasteiger partial charge < -0.3 is 10.4 Å². The van der Waals surface area contributed by atoms with Crippen LogP contribution in [-0.2, 0) is 15.0 Å². The highest BCUT2D eigenvalue weighted by Crippen LogP contribution is 2.27. The van der Waals surface area contributed by atoms with E-state index in [0.717, 1.165) is 5.56 Å². The van der Waals surface area contributed by atoms with Crippen LogP contribution in [0.15, 0.2) is 24.3 Å². The van der Waals surface area contributed by atoms with Crippen molar-refractivity contribution in [1.29, 1.82) is 0 Å². The molecule has 0 aliphatic carbocycles. The second-order valence-electron chi connectivity index (χ2n) is 4.71. The summed E-state index contributed by atoms with van der Waals surface area (Å²) in [6.07, 6.45) is 0.0759. The number of anilines is 1. The van der Waals surface area contributed by atoms with Crippen molar-refractivity contribution >= 4 is 17.6 Å². The second-order valence-corrected chi connectivity index (χ2v) is 4.71. The summed E-state index contributed by atoms with van der Waals surface area (Å²) in [5.41, 5.74) is 1.24. The summed E-state index contributed by atoms with van der Waals surface area (Å²) in [5, 5.41) is 11.5. The van der Waals surface area contributed by atoms with Gasteiger partial charge in [-0.05, 0) is 17.7 Å². The average Bonchev–Trinajstić information content (AvgIpc) is 2.15. The smallest absolute Gasteiger partial charge is 0.304 e. The summed E-state index contributed by atoms with van der Waals surface area (Å²) in [6, 6.07) is 7.24. The van der Waals surface area contributed by atoms with Crippen LogP contribution in [0.4, 0.5) is 5.69 Å². The van der Waals surface area contributed by atoms with Gasteiger partial charge in [0.05, 0.1) is 6.42 Å². The van der Waals surface area contributed by atoms with Crippen molar-refractivity contribution in [3.05, 3.63) is 29.8 Å². The molecular formula is C13H17NO3. The highest BCUT2D eigenvalue weighted by Gasteiger charge is 2.23. The highest BCUT2D eigenvalue weighted by atomic mass is 16.4. The first-order valence-corrected chi connectivity index (χ1v) is 5.41. The first-order chi connectivity index (χ1) is 7.81. The molecule has 0 unspecified atom stereocenters. The van der Waals surface area contributed by atoms with Crippen LogP contribution in [0.2, 0.25) is 0 Å². The van der Waals surface area contributed by atoms with Crippen LogP contribution in [0.3, 0.4) is 0 Å². The Morgan fingerprint density at radius 3 is 2.18 bits per heavy atom. The highest BCUT2D eigenvalue weighted by molar-refractivity contribution is 5.88. The SMILES string of the molecule is CC(=O)Nc1ccc(C(C)(C)CC(=O)O)cc1. The van der Waals surface area contributed by atoms with Crippen LogP contribution in [-0.4, -0.2) is 17.0 Å². The van der Waals surface area contributed by atoms with Crippen LogP contribution in [0.5, 0.6) is 0 Å². The van der Waals surface area contributed by atoms with Crippen LogP contribution >= 0.6 is 0 Å². The maximum absolute atomic E-state index is 10.9. The number of benzene rings is 1. The lowest BCUT2D eigenvalue weighted by molar-refractivity contribution is -0.138. The molecule has 0 spiro atoms. The van der Waals surface area contributed by atoms with E-state index in [-0.39, 0.29) is 12.3 Å². The molecule has 17 heavy (non-hydrogen) atoms. The fourth-order valence-corrected chi connectivity index (χ4v) is 1.69. The van der Waals surface area contributed by atoms with Crippen LogP contribution in [0.25, 0.3) is 0 Å². The van der Waals surface area contributed by atoms with Crippen molar-refractivity contribution < 1.29 is 14.7 Å². The molecule has 0 saturated carbocycles. The Morgan fingerprint density at radius 2 is 1.76 bits per heavy atom. The molecule has 0 aromatic heterocycles. The molecule has 1 rings (SSSR count). The molecule has 0 bridgehead atoms. The number of rotatable bonds is 4. The van der Waals surface area contributed by atoms with Crippen LogP contribution in [0, 0.1) is 0 Å². The van der Waals surface area contributed by atoms with Gasteiger partial charge in [-0.2, -0.15) is 0 Å². The van der Waals surface area contributed by atoms with Crippen LogP contribution in [0.1, 0.15) is 32.8 Å². The van der Waals surface area contributed by atoms with E-state index < -0.39 is 11.4 Å². The molecule has 1 aromatic rings. The van der Waals surface area contributed by atoms with Gasteiger partial charge in [0.15, 0.2) is 0 Å². The van der Waals surface area contributed by atoms with Gasteiger partial charge in [0.2, 0.25) is 5.91 Å². The van der Waals surface area contributed by atoms with E-state index in [9.17, 15) is 9.59 Å². The van der Waals surface area contributed by atoms with E-state index in [1.807, 2.05) is 26.0 Å². The molecule has 0 aliphatic rings. The molecule has 2 N–H and O–H groups in total. The molecule has 92 valence electrons. The number of hydrogen-bond donors (Lipinski definition) is 2. The number of carbonyl (C=O) groups is 2. The zero-order valence-corrected chi connectivity index (χ0v) is 10.3. The molecule has 0 atom stereocenters. The summed E-state index contributed by atoms with van der Waals surface area (Å²) >= 11 is 0. The van der Waals surface area contributed by atoms with Gasteiger partial charge in [0.25, 0.3) is 0 Å². The van der Waals surface area contributed by atoms with Gasteiger partial charge in [-0.25, -0.2) is 0 Å². The summed E-state index contributed by atoms with van der Waals surface area (Å²) in [7, 11) is 0. The summed E-state index contributed by atoms with van der Waals surface area (Å²) in [6.45, 7) is 5.21. The summed E-state index contributed by atoms with van der Waals surface area (Å²) < 4.78 is 0. The second kappa shape index (κ2) is 4.99. The predicted octanol–water partition coefficient (Wildman–Crippen LogP) is 2.40. The average molecular weight is 235 g/mol. The molecule has 1 amide bonds. The number of aliphatic carboxylic acids is 1. The van der Waals surface area contributed by atoms with Crippen molar-refractivity contribution in [2.45, 2.75) is 32.6 Å². The van der Waals surface area contributed by atoms with Gasteiger partial charge >= 0.3 is 5.97 Å². The van der Waals surface area contributed by atoms with Gasteiger partial charge in [-0.15, -0.1) is 0 Å². The third-order valence-electron chi connectivity index (χ3n) is 2.58. The Balaban J connectivity index is 2.86. The van der Waals surface area contributed by atoms with Crippen molar-refractivity contribution in [1.82, 2.24) is 0 Å². The maximum atomic E-state index is 10.9. The lowest BCUT2D eigenvalue weighted by Gasteiger charge is -2.23. The lowest BCUT2D eigenvalue weighted by atomic mass is 9.81. The lowest BCUT2D eigenvalue weighted by Crippen LogP contribution is -2.21. The third-order valence-corrected chi connectivity index (χ3v) is 2.58. The summed E-state index contributed by atoms with van der Waals surface area (Å²) in [4.78, 5) is 21.6. The fourth-order valence-electron chi connectivity index (χ4n) is 1.69. The number of carboxylic acids is 1. The number of amides is 1. The first kappa shape index (κ1) is 13.2. The topological polar surface area (TPSA) is 66.4 Å². The monoisotopic (exact) mass is 235 g/mol. The molecular weight excluding hydrogens is 218 g/mol. The Bertz CT molecular complexity index is 421. The molecule has 0 heterocycles. The van der Waals surface area contributed by atoms with E-state index in [4.69, 9.17) is 5.11 Å². The van der Waals surface area contributed by atoms with E-state index >= 15 is 0 Å². The molecule has 4 heteroatoms. The molecule has 0 saturated heterocycles. The van der Waals surface area contributed by atoms with Crippen molar-refractivity contribution in [2.24, 2.45) is 0 Å². The van der Waals surface area contributed by atoms with E-state index in [0.29, 0.717) is 5.69 Å². The van der Waals surface area contributed by atoms with Crippen molar-refractivity contribution in [3.63, 3.8) is 0 Å². The number of carbonyl (C=O) groups excluding carboxylic acids is 1. The van der Waals surface area contributed by atoms with Gasteiger partial charge in [0, 0.05) is 18.0 Å². The summed E-state index contributed by atoms with van der Waals surface area (Å²) in [5.74, 6) is -0.941. The van der Waals surface area contributed by atoms with Gasteiger partial charge in [-0.3, -0.25) is 9.59 Å². The first-order valence-electron chi connectivity index (χ1n) is 5.41. The number of hydrogen-bond acceptors (Lipinski definition) is 2. The quantitative estimate of drug-likeness (QED) is 0.842. The maximum Gasteiger partial charge on any atom is 0.304 e. The van der Waals surface area contributed by atoms with E-state index in [2.05, 4.69) is 5.32 Å². The Morgan fingerprint density at radius 1 is 1.24 bits per heavy atom. The molecule has 0 aliphatic heterocycles. The number of nitrogens with one attached hydrogen (secondary N) is 1. The zero-order valence-electron chi connectivity index (χ0n) is 10.3. The largest absolute Gasteiger partial charge is 0.481 e. The minimum absolute atomic E-state index is 0.0759. The minimum atomic E-state index is -0.819. The molecule has 1 aromatic carbocycles. The van der Waals surface area contributed by atoms with Crippen molar-refractivity contribution in [3.8, 4) is 0 Å². The van der Waals surface area contributed by atoms with Gasteiger partial charge in [0.1, 0.15) is 0 Å². The Labute approximate surface area is 101 Å². The standard InChI is InChI=1S/C13H17NO3/c1-9(15)14-11-6-4-10(5-7-11)13(2,3)8-12(16)17/h4-7H,8H2,1-3H3,(H,14,15)(H,16,17). The van der Waals surface area contributed by atoms with E-state index in [1.165, 1.54) is 6.92 Å². The predicted molar refractivity (Wildman–Crippen MR) is 66.0 cm³/mol. The fraction of sp³-hybridized carbons (Fsp3) is 0.385.